The van der Waals surface area contributed by atoms with Gasteiger partial charge in [0.05, 0.1) is 4.47 Å². The largest absolute Gasteiger partial charge is 0.366 e. The number of halogens is 3. The first kappa shape index (κ1) is 9.12. The molecule has 0 fully saturated rings. The van der Waals surface area contributed by atoms with Gasteiger partial charge in [0.2, 0.25) is 5.91 Å². The van der Waals surface area contributed by atoms with E-state index in [1.807, 2.05) is 0 Å². The maximum atomic E-state index is 12.6. The molecule has 0 atom stereocenters. The van der Waals surface area contributed by atoms with Crippen LogP contribution in [-0.2, 0) is 0 Å². The third-order valence-electron chi connectivity index (χ3n) is 1.27. The van der Waals surface area contributed by atoms with Crippen LogP contribution >= 0.6 is 15.9 Å². The Hall–Kier alpha value is -0.970. The van der Waals surface area contributed by atoms with Gasteiger partial charge in [0, 0.05) is 5.56 Å². The van der Waals surface area contributed by atoms with Gasteiger partial charge in [-0.3, -0.25) is 4.79 Å². The monoisotopic (exact) mass is 235 g/mol. The van der Waals surface area contributed by atoms with E-state index in [1.165, 1.54) is 0 Å². The summed E-state index contributed by atoms with van der Waals surface area (Å²) < 4.78 is 25.1. The Balaban J connectivity index is 3.31. The average Bonchev–Trinajstić information content (AvgIpc) is 1.99. The van der Waals surface area contributed by atoms with Crippen LogP contribution in [0.25, 0.3) is 0 Å². The lowest BCUT2D eigenvalue weighted by molar-refractivity contribution is 0.0999. The molecule has 0 radical (unpaired) electrons. The SMILES string of the molecule is NC(=O)c1cc(F)c(F)c(Br)c1. The van der Waals surface area contributed by atoms with E-state index in [-0.39, 0.29) is 10.0 Å². The Labute approximate surface area is 75.5 Å². The summed E-state index contributed by atoms with van der Waals surface area (Å²) in [6, 6.07) is 1.88. The standard InChI is InChI=1S/C7H4BrF2NO/c8-4-1-3(7(11)12)2-5(9)6(4)10/h1-2H,(H2,11,12). The van der Waals surface area contributed by atoms with Crippen LogP contribution in [0.5, 0.6) is 0 Å². The predicted octanol–water partition coefficient (Wildman–Crippen LogP) is 1.83. The second kappa shape index (κ2) is 3.18. The molecule has 0 saturated carbocycles. The molecule has 1 aromatic carbocycles. The molecule has 0 heterocycles. The normalized spacial score (nSPS) is 9.92. The molecule has 0 bridgehead atoms. The summed E-state index contributed by atoms with van der Waals surface area (Å²) in [6.07, 6.45) is 0. The zero-order valence-corrected chi connectivity index (χ0v) is 7.36. The third kappa shape index (κ3) is 1.61. The van der Waals surface area contributed by atoms with Crippen LogP contribution in [-0.4, -0.2) is 5.91 Å². The fourth-order valence-corrected chi connectivity index (χ4v) is 1.13. The zero-order valence-electron chi connectivity index (χ0n) is 5.77. The van der Waals surface area contributed by atoms with Crippen molar-refractivity contribution in [2.75, 3.05) is 0 Å². The second-order valence-corrected chi connectivity index (χ2v) is 2.97. The first-order valence-corrected chi connectivity index (χ1v) is 3.76. The Bertz CT molecular complexity index is 317. The van der Waals surface area contributed by atoms with E-state index in [9.17, 15) is 13.6 Å². The quantitative estimate of drug-likeness (QED) is 0.742. The summed E-state index contributed by atoms with van der Waals surface area (Å²) in [5.41, 5.74) is 4.78. The molecule has 0 saturated heterocycles. The van der Waals surface area contributed by atoms with Crippen molar-refractivity contribution in [2.45, 2.75) is 0 Å². The minimum atomic E-state index is -1.10. The zero-order chi connectivity index (χ0) is 9.30. The van der Waals surface area contributed by atoms with E-state index >= 15 is 0 Å². The van der Waals surface area contributed by atoms with E-state index in [4.69, 9.17) is 5.73 Å². The lowest BCUT2D eigenvalue weighted by atomic mass is 10.2. The molecule has 2 nitrogen and oxygen atoms in total. The van der Waals surface area contributed by atoms with Gasteiger partial charge in [-0.15, -0.1) is 0 Å². The van der Waals surface area contributed by atoms with Crippen molar-refractivity contribution in [3.8, 4) is 0 Å². The fraction of sp³-hybridized carbons (Fsp3) is 0. The Morgan fingerprint density at radius 3 is 2.42 bits per heavy atom. The molecule has 5 heteroatoms. The van der Waals surface area contributed by atoms with Crippen molar-refractivity contribution >= 4 is 21.8 Å². The van der Waals surface area contributed by atoms with Gasteiger partial charge in [0.1, 0.15) is 0 Å². The van der Waals surface area contributed by atoms with Crippen LogP contribution < -0.4 is 5.73 Å². The molecule has 0 unspecified atom stereocenters. The smallest absolute Gasteiger partial charge is 0.248 e. The van der Waals surface area contributed by atoms with Gasteiger partial charge >= 0.3 is 0 Å². The summed E-state index contributed by atoms with van der Waals surface area (Å²) in [6.45, 7) is 0. The summed E-state index contributed by atoms with van der Waals surface area (Å²) in [5.74, 6) is -2.92. The summed E-state index contributed by atoms with van der Waals surface area (Å²) in [5, 5.41) is 0. The van der Waals surface area contributed by atoms with Crippen LogP contribution in [0, 0.1) is 11.6 Å². The van der Waals surface area contributed by atoms with Gasteiger partial charge in [0.25, 0.3) is 0 Å². The first-order chi connectivity index (χ1) is 5.52. The van der Waals surface area contributed by atoms with Gasteiger partial charge in [0.15, 0.2) is 11.6 Å². The van der Waals surface area contributed by atoms with Crippen molar-refractivity contribution in [3.05, 3.63) is 33.8 Å². The van der Waals surface area contributed by atoms with E-state index in [2.05, 4.69) is 15.9 Å². The minimum absolute atomic E-state index is 0.0687. The Morgan fingerprint density at radius 1 is 1.42 bits per heavy atom. The highest BCUT2D eigenvalue weighted by Crippen LogP contribution is 2.19. The second-order valence-electron chi connectivity index (χ2n) is 2.12. The molecule has 0 aliphatic rings. The number of amides is 1. The first-order valence-electron chi connectivity index (χ1n) is 2.96. The molecule has 12 heavy (non-hydrogen) atoms. The predicted molar refractivity (Wildman–Crippen MR) is 42.6 cm³/mol. The summed E-state index contributed by atoms with van der Waals surface area (Å²) in [7, 11) is 0. The van der Waals surface area contributed by atoms with Crippen LogP contribution in [0.2, 0.25) is 0 Å². The number of rotatable bonds is 1. The lowest BCUT2D eigenvalue weighted by Crippen LogP contribution is -2.11. The van der Waals surface area contributed by atoms with Gasteiger partial charge in [-0.1, -0.05) is 0 Å². The number of hydrogen-bond acceptors (Lipinski definition) is 1. The highest BCUT2D eigenvalue weighted by atomic mass is 79.9. The van der Waals surface area contributed by atoms with E-state index in [1.54, 1.807) is 0 Å². The number of primary amides is 1. The maximum absolute atomic E-state index is 12.6. The molecule has 64 valence electrons. The topological polar surface area (TPSA) is 43.1 Å². The van der Waals surface area contributed by atoms with Crippen LogP contribution in [0.4, 0.5) is 8.78 Å². The Kier molecular flexibility index (Phi) is 2.42. The van der Waals surface area contributed by atoms with Gasteiger partial charge in [-0.05, 0) is 28.1 Å². The van der Waals surface area contributed by atoms with Crippen molar-refractivity contribution in [1.82, 2.24) is 0 Å². The number of hydrogen-bond donors (Lipinski definition) is 1. The summed E-state index contributed by atoms with van der Waals surface area (Å²) in [4.78, 5) is 10.5. The summed E-state index contributed by atoms with van der Waals surface area (Å²) >= 11 is 2.74. The molecule has 0 aromatic heterocycles. The molecular formula is C7H4BrF2NO. The highest BCUT2D eigenvalue weighted by molar-refractivity contribution is 9.10. The van der Waals surface area contributed by atoms with Crippen molar-refractivity contribution in [3.63, 3.8) is 0 Å². The van der Waals surface area contributed by atoms with Crippen LogP contribution in [0.1, 0.15) is 10.4 Å². The molecule has 0 aliphatic heterocycles. The van der Waals surface area contributed by atoms with Gasteiger partial charge in [-0.25, -0.2) is 8.78 Å². The molecule has 1 amide bonds. The minimum Gasteiger partial charge on any atom is -0.366 e. The molecule has 1 aromatic rings. The van der Waals surface area contributed by atoms with Crippen LogP contribution in [0.15, 0.2) is 16.6 Å². The van der Waals surface area contributed by atoms with Crippen molar-refractivity contribution < 1.29 is 13.6 Å². The number of benzene rings is 1. The molecule has 0 spiro atoms. The van der Waals surface area contributed by atoms with Crippen molar-refractivity contribution in [1.29, 1.82) is 0 Å². The lowest BCUT2D eigenvalue weighted by Gasteiger charge is -1.99. The van der Waals surface area contributed by atoms with E-state index in [0.29, 0.717) is 0 Å². The molecular weight excluding hydrogens is 232 g/mol. The molecule has 0 aliphatic carbocycles. The molecule has 2 N–H and O–H groups in total. The Morgan fingerprint density at radius 2 is 2.00 bits per heavy atom. The fourth-order valence-electron chi connectivity index (χ4n) is 0.698. The number of nitrogens with two attached hydrogens (primary N) is 1. The van der Waals surface area contributed by atoms with Crippen LogP contribution in [0.3, 0.4) is 0 Å². The van der Waals surface area contributed by atoms with Gasteiger partial charge in [-0.2, -0.15) is 0 Å². The molecule has 1 rings (SSSR count). The van der Waals surface area contributed by atoms with E-state index in [0.717, 1.165) is 12.1 Å². The maximum Gasteiger partial charge on any atom is 0.248 e. The van der Waals surface area contributed by atoms with Gasteiger partial charge < -0.3 is 5.73 Å². The van der Waals surface area contributed by atoms with E-state index < -0.39 is 17.5 Å². The number of carbonyl (C=O) groups excluding carboxylic acids is 1. The highest BCUT2D eigenvalue weighted by Gasteiger charge is 2.10. The van der Waals surface area contributed by atoms with Crippen molar-refractivity contribution in [2.24, 2.45) is 5.73 Å². The number of carbonyl (C=O) groups is 1. The third-order valence-corrected chi connectivity index (χ3v) is 1.85. The average molecular weight is 236 g/mol.